The van der Waals surface area contributed by atoms with E-state index in [1.807, 2.05) is 42.5 Å². The van der Waals surface area contributed by atoms with Gasteiger partial charge in [0.15, 0.2) is 0 Å². The van der Waals surface area contributed by atoms with Crippen LogP contribution in [0, 0.1) is 3.57 Å². The Bertz CT molecular complexity index is 792. The molecule has 0 atom stereocenters. The van der Waals surface area contributed by atoms with Crippen molar-refractivity contribution in [1.29, 1.82) is 0 Å². The first-order valence-corrected chi connectivity index (χ1v) is 6.77. The van der Waals surface area contributed by atoms with Gasteiger partial charge in [-0.1, -0.05) is 24.3 Å². The maximum absolute atomic E-state index is 11.5. The molecular formula is C15H9IO3. The molecule has 1 aromatic heterocycles. The van der Waals surface area contributed by atoms with Gasteiger partial charge in [0, 0.05) is 0 Å². The normalized spacial score (nSPS) is 10.6. The van der Waals surface area contributed by atoms with E-state index in [2.05, 4.69) is 22.6 Å². The first-order valence-electron chi connectivity index (χ1n) is 5.69. The lowest BCUT2D eigenvalue weighted by Crippen LogP contribution is -1.98. The van der Waals surface area contributed by atoms with Crippen molar-refractivity contribution >= 4 is 33.6 Å². The highest BCUT2D eigenvalue weighted by atomic mass is 127. The van der Waals surface area contributed by atoms with Crippen LogP contribution >= 0.6 is 22.6 Å². The topological polar surface area (TPSA) is 39.4 Å². The highest BCUT2D eigenvalue weighted by Crippen LogP contribution is 2.30. The van der Waals surface area contributed by atoms with E-state index in [-0.39, 0.29) is 0 Å². The summed E-state index contributed by atoms with van der Waals surface area (Å²) in [6, 6.07) is 16.3. The summed E-state index contributed by atoms with van der Waals surface area (Å²) in [5, 5.41) is 0.779. The van der Waals surface area contributed by atoms with E-state index in [1.165, 1.54) is 6.07 Å². The molecular weight excluding hydrogens is 355 g/mol. The lowest BCUT2D eigenvalue weighted by Gasteiger charge is -2.09. The van der Waals surface area contributed by atoms with Crippen LogP contribution < -0.4 is 10.4 Å². The number of hydrogen-bond donors (Lipinski definition) is 0. The lowest BCUT2D eigenvalue weighted by molar-refractivity contribution is 0.472. The molecule has 19 heavy (non-hydrogen) atoms. The fourth-order valence-electron chi connectivity index (χ4n) is 1.81. The van der Waals surface area contributed by atoms with Crippen LogP contribution in [0.15, 0.2) is 63.8 Å². The van der Waals surface area contributed by atoms with Gasteiger partial charge in [0.05, 0.1) is 15.0 Å². The van der Waals surface area contributed by atoms with Crippen LogP contribution in [0.4, 0.5) is 0 Å². The van der Waals surface area contributed by atoms with Gasteiger partial charge in [-0.05, 0) is 46.9 Å². The second-order valence-electron chi connectivity index (χ2n) is 3.96. The second kappa shape index (κ2) is 5.05. The van der Waals surface area contributed by atoms with E-state index >= 15 is 0 Å². The molecule has 3 nitrogen and oxygen atoms in total. The summed E-state index contributed by atoms with van der Waals surface area (Å²) >= 11 is 2.19. The Labute approximate surface area is 123 Å². The van der Waals surface area contributed by atoms with Crippen molar-refractivity contribution in [3.63, 3.8) is 0 Å². The van der Waals surface area contributed by atoms with Gasteiger partial charge in [0.25, 0.3) is 0 Å². The summed E-state index contributed by atoms with van der Waals surface area (Å²) in [6.07, 6.45) is 0. The Kier molecular flexibility index (Phi) is 3.25. The predicted molar refractivity (Wildman–Crippen MR) is 81.7 cm³/mol. The number of hydrogen-bond acceptors (Lipinski definition) is 3. The third-order valence-corrected chi connectivity index (χ3v) is 3.56. The summed E-state index contributed by atoms with van der Waals surface area (Å²) in [5.74, 6) is 1.23. The van der Waals surface area contributed by atoms with Gasteiger partial charge in [-0.25, -0.2) is 4.79 Å². The third kappa shape index (κ3) is 2.49. The summed E-state index contributed by atoms with van der Waals surface area (Å²) in [4.78, 5) is 11.5. The summed E-state index contributed by atoms with van der Waals surface area (Å²) in [7, 11) is 0. The van der Waals surface area contributed by atoms with Crippen LogP contribution in [0.2, 0.25) is 0 Å². The monoisotopic (exact) mass is 364 g/mol. The molecule has 0 amide bonds. The van der Waals surface area contributed by atoms with Crippen LogP contribution in [-0.2, 0) is 0 Å². The Morgan fingerprint density at radius 3 is 2.53 bits per heavy atom. The minimum absolute atomic E-state index is 0.417. The Morgan fingerprint density at radius 2 is 1.68 bits per heavy atom. The van der Waals surface area contributed by atoms with Gasteiger partial charge >= 0.3 is 5.63 Å². The van der Waals surface area contributed by atoms with E-state index < -0.39 is 5.63 Å². The molecule has 0 saturated heterocycles. The van der Waals surface area contributed by atoms with E-state index in [1.54, 1.807) is 6.07 Å². The molecule has 4 heteroatoms. The largest absolute Gasteiger partial charge is 0.455 e. The molecule has 0 saturated carbocycles. The molecule has 0 aliphatic carbocycles. The van der Waals surface area contributed by atoms with Crippen LogP contribution in [0.5, 0.6) is 11.5 Å². The molecule has 0 bridgehead atoms. The molecule has 3 rings (SSSR count). The van der Waals surface area contributed by atoms with Gasteiger partial charge in [-0.15, -0.1) is 0 Å². The van der Waals surface area contributed by atoms with E-state index in [4.69, 9.17) is 9.15 Å². The molecule has 3 aromatic rings. The number of fused-ring (bicyclic) bond motifs is 1. The highest BCUT2D eigenvalue weighted by molar-refractivity contribution is 14.1. The Hall–Kier alpha value is -1.82. The Balaban J connectivity index is 2.15. The molecule has 0 fully saturated rings. The van der Waals surface area contributed by atoms with Crippen molar-refractivity contribution in [3.05, 3.63) is 68.6 Å². The van der Waals surface area contributed by atoms with Crippen LogP contribution in [0.3, 0.4) is 0 Å². The van der Waals surface area contributed by atoms with Crippen molar-refractivity contribution in [1.82, 2.24) is 0 Å². The van der Waals surface area contributed by atoms with Crippen molar-refractivity contribution < 1.29 is 9.15 Å². The third-order valence-electron chi connectivity index (χ3n) is 2.67. The summed E-state index contributed by atoms with van der Waals surface area (Å²) in [5.41, 5.74) is 0.107. The SMILES string of the molecule is O=c1cc(Oc2ccccc2I)c2ccccc2o1. The molecule has 0 unspecified atom stereocenters. The molecule has 1 heterocycles. The zero-order valence-electron chi connectivity index (χ0n) is 9.80. The zero-order chi connectivity index (χ0) is 13.2. The summed E-state index contributed by atoms with van der Waals surface area (Å²) < 4.78 is 12.0. The first-order chi connectivity index (χ1) is 9.24. The molecule has 0 aliphatic heterocycles. The van der Waals surface area contributed by atoms with Gasteiger partial charge in [-0.3, -0.25) is 0 Å². The maximum Gasteiger partial charge on any atom is 0.339 e. The Morgan fingerprint density at radius 1 is 0.947 bits per heavy atom. The van der Waals surface area contributed by atoms with Gasteiger partial charge in [-0.2, -0.15) is 0 Å². The van der Waals surface area contributed by atoms with Crippen LogP contribution in [-0.4, -0.2) is 0 Å². The molecule has 0 N–H and O–H groups in total. The minimum Gasteiger partial charge on any atom is -0.455 e. The van der Waals surface area contributed by atoms with E-state index in [9.17, 15) is 4.79 Å². The number of para-hydroxylation sites is 2. The van der Waals surface area contributed by atoms with Gasteiger partial charge in [0.2, 0.25) is 0 Å². The standard InChI is InChI=1S/C15H9IO3/c16-11-6-2-4-8-13(11)18-14-9-15(17)19-12-7-3-1-5-10(12)14/h1-9H. The minimum atomic E-state index is -0.417. The smallest absolute Gasteiger partial charge is 0.339 e. The molecule has 0 aliphatic rings. The predicted octanol–water partition coefficient (Wildman–Crippen LogP) is 4.19. The molecule has 0 radical (unpaired) electrons. The number of rotatable bonds is 2. The first kappa shape index (κ1) is 12.2. The fourth-order valence-corrected chi connectivity index (χ4v) is 2.31. The van der Waals surface area contributed by atoms with Crippen LogP contribution in [0.25, 0.3) is 11.0 Å². The lowest BCUT2D eigenvalue weighted by atomic mass is 10.2. The number of halogens is 1. The van der Waals surface area contributed by atoms with Crippen molar-refractivity contribution in [3.8, 4) is 11.5 Å². The zero-order valence-corrected chi connectivity index (χ0v) is 12.0. The average molecular weight is 364 g/mol. The summed E-state index contributed by atoms with van der Waals surface area (Å²) in [6.45, 7) is 0. The molecule has 0 spiro atoms. The van der Waals surface area contributed by atoms with E-state index in [0.717, 1.165) is 14.7 Å². The average Bonchev–Trinajstić information content (AvgIpc) is 2.41. The van der Waals surface area contributed by atoms with Crippen LogP contribution in [0.1, 0.15) is 0 Å². The van der Waals surface area contributed by atoms with Crippen molar-refractivity contribution in [2.75, 3.05) is 0 Å². The second-order valence-corrected chi connectivity index (χ2v) is 5.12. The van der Waals surface area contributed by atoms with E-state index in [0.29, 0.717) is 11.3 Å². The number of benzene rings is 2. The quantitative estimate of drug-likeness (QED) is 0.506. The highest BCUT2D eigenvalue weighted by Gasteiger charge is 2.08. The van der Waals surface area contributed by atoms with Gasteiger partial charge in [0.1, 0.15) is 17.1 Å². The van der Waals surface area contributed by atoms with Crippen molar-refractivity contribution in [2.24, 2.45) is 0 Å². The van der Waals surface area contributed by atoms with Crippen molar-refractivity contribution in [2.45, 2.75) is 0 Å². The number of ether oxygens (including phenoxy) is 1. The molecule has 94 valence electrons. The molecule has 2 aromatic carbocycles. The maximum atomic E-state index is 11.5. The fraction of sp³-hybridized carbons (Fsp3) is 0. The van der Waals surface area contributed by atoms with Gasteiger partial charge < -0.3 is 9.15 Å².